The molecule has 0 saturated heterocycles. The van der Waals surface area contributed by atoms with Gasteiger partial charge in [0.05, 0.1) is 18.8 Å². The van der Waals surface area contributed by atoms with Crippen LogP contribution in [0.2, 0.25) is 0 Å². The van der Waals surface area contributed by atoms with Gasteiger partial charge in [0.25, 0.3) is 0 Å². The summed E-state index contributed by atoms with van der Waals surface area (Å²) in [6.45, 7) is 12.5. The third-order valence-corrected chi connectivity index (χ3v) is 12.5. The number of hydrogen-bond acceptors (Lipinski definition) is 8. The lowest BCUT2D eigenvalue weighted by Crippen LogP contribution is -2.62. The fourth-order valence-electron chi connectivity index (χ4n) is 9.74. The fourth-order valence-corrected chi connectivity index (χ4v) is 10.6. The van der Waals surface area contributed by atoms with Crippen molar-refractivity contribution in [3.05, 3.63) is 12.2 Å². The number of aliphatic hydroxyl groups is 2. The van der Waals surface area contributed by atoms with Gasteiger partial charge in [-0.15, -0.1) is 0 Å². The van der Waals surface area contributed by atoms with Gasteiger partial charge in [0.2, 0.25) is 0 Å². The zero-order valence-corrected chi connectivity index (χ0v) is 25.7. The quantitative estimate of drug-likeness (QED) is 0.208. The lowest BCUT2D eigenvalue weighted by molar-refractivity contribution is -0.205. The molecule has 4 aliphatic carbocycles. The monoisotopic (exact) mass is 608 g/mol. The Hall–Kier alpha value is -0.600. The van der Waals surface area contributed by atoms with E-state index in [1.54, 1.807) is 0 Å². The number of allylic oxidation sites excluding steroid dienone is 1. The average molecular weight is 609 g/mol. The molecule has 10 nitrogen and oxygen atoms in total. The minimum Gasteiger partial charge on any atom is -0.393 e. The zero-order valence-electron chi connectivity index (χ0n) is 24.1. The van der Waals surface area contributed by atoms with Gasteiger partial charge in [-0.05, 0) is 110 Å². The summed E-state index contributed by atoms with van der Waals surface area (Å²) in [6, 6.07) is 0. The van der Waals surface area contributed by atoms with Gasteiger partial charge >= 0.3 is 20.8 Å². The minimum absolute atomic E-state index is 0.0716. The standard InChI is InChI=1S/C28H48O10S2/c1-16(2)17(3)6-7-18(15-37-39(31,32)33)20-10-11-21-19-8-9-22-26(30)24(38-40(34,35)36)12-13-27(22,4)25(19)23(29)14-28(20,21)5/h16,18-26,29-30H,3,6-15H2,1-2,4-5H3,(H,31,32,33)(H,34,35,36)/t18-,19-,20+,21-,22+,23-,24+,25+,26-,27-,28+/m0/s1. The predicted octanol–water partition coefficient (Wildman–Crippen LogP) is 4.20. The molecule has 0 aromatic rings. The van der Waals surface area contributed by atoms with Crippen molar-refractivity contribution in [2.75, 3.05) is 6.61 Å². The van der Waals surface area contributed by atoms with Crippen molar-refractivity contribution in [1.82, 2.24) is 0 Å². The first-order chi connectivity index (χ1) is 18.4. The molecule has 232 valence electrons. The Bertz CT molecular complexity index is 1150. The van der Waals surface area contributed by atoms with Gasteiger partial charge in [0.1, 0.15) is 6.10 Å². The Morgan fingerprint density at radius 2 is 1.60 bits per heavy atom. The van der Waals surface area contributed by atoms with E-state index in [9.17, 15) is 36.2 Å². The van der Waals surface area contributed by atoms with Crippen LogP contribution in [0.5, 0.6) is 0 Å². The number of fused-ring (bicyclic) bond motifs is 5. The van der Waals surface area contributed by atoms with Gasteiger partial charge in [0, 0.05) is 0 Å². The molecule has 4 rings (SSSR count). The molecule has 0 aliphatic heterocycles. The minimum atomic E-state index is -4.69. The van der Waals surface area contributed by atoms with Crippen molar-refractivity contribution < 1.29 is 44.5 Å². The zero-order chi connectivity index (χ0) is 29.8. The summed E-state index contributed by atoms with van der Waals surface area (Å²) in [5.41, 5.74) is 0.418. The van der Waals surface area contributed by atoms with Crippen LogP contribution >= 0.6 is 0 Å². The van der Waals surface area contributed by atoms with Crippen molar-refractivity contribution in [3.8, 4) is 0 Å². The summed E-state index contributed by atoms with van der Waals surface area (Å²) in [6.07, 6.45) is 3.35. The van der Waals surface area contributed by atoms with Gasteiger partial charge in [-0.25, -0.2) is 8.37 Å². The fraction of sp³-hybridized carbons (Fsp3) is 0.929. The van der Waals surface area contributed by atoms with Gasteiger partial charge < -0.3 is 10.2 Å². The van der Waals surface area contributed by atoms with E-state index >= 15 is 0 Å². The second-order valence-corrected chi connectivity index (χ2v) is 16.0. The Kier molecular flexibility index (Phi) is 9.28. The lowest BCUT2D eigenvalue weighted by atomic mass is 9.43. The van der Waals surface area contributed by atoms with E-state index in [2.05, 4.69) is 34.3 Å². The maximum absolute atomic E-state index is 11.8. The molecule has 0 spiro atoms. The third kappa shape index (κ3) is 6.34. The normalized spacial score (nSPS) is 42.6. The summed E-state index contributed by atoms with van der Waals surface area (Å²) < 4.78 is 74.0. The summed E-state index contributed by atoms with van der Waals surface area (Å²) in [4.78, 5) is 0. The molecule has 0 aromatic carbocycles. The molecule has 4 N–H and O–H groups in total. The topological polar surface area (TPSA) is 168 Å². The third-order valence-electron chi connectivity index (χ3n) is 11.6. The predicted molar refractivity (Wildman–Crippen MR) is 149 cm³/mol. The first kappa shape index (κ1) is 32.3. The van der Waals surface area contributed by atoms with Gasteiger partial charge in [-0.3, -0.25) is 9.11 Å². The van der Waals surface area contributed by atoms with E-state index in [0.29, 0.717) is 37.5 Å². The maximum Gasteiger partial charge on any atom is 0.397 e. The second kappa shape index (κ2) is 11.5. The highest BCUT2D eigenvalue weighted by atomic mass is 32.3. The molecule has 0 radical (unpaired) electrons. The van der Waals surface area contributed by atoms with Crippen molar-refractivity contribution in [2.24, 2.45) is 52.3 Å². The van der Waals surface area contributed by atoms with Crippen LogP contribution in [-0.4, -0.2) is 61.1 Å². The van der Waals surface area contributed by atoms with Crippen LogP contribution in [0.25, 0.3) is 0 Å². The Balaban J connectivity index is 1.57. The molecule has 0 unspecified atom stereocenters. The van der Waals surface area contributed by atoms with Crippen LogP contribution in [0.1, 0.15) is 85.5 Å². The van der Waals surface area contributed by atoms with Crippen molar-refractivity contribution in [1.29, 1.82) is 0 Å². The molecule has 0 bridgehead atoms. The molecule has 4 fully saturated rings. The van der Waals surface area contributed by atoms with Gasteiger partial charge in [-0.1, -0.05) is 39.8 Å². The molecular formula is C28H48O10S2. The Labute approximate surface area is 239 Å². The van der Waals surface area contributed by atoms with Crippen LogP contribution in [0.15, 0.2) is 12.2 Å². The highest BCUT2D eigenvalue weighted by molar-refractivity contribution is 7.81. The van der Waals surface area contributed by atoms with E-state index in [1.807, 2.05) is 0 Å². The molecule has 0 aromatic heterocycles. The van der Waals surface area contributed by atoms with Crippen molar-refractivity contribution in [2.45, 2.75) is 104 Å². The molecule has 4 saturated carbocycles. The maximum atomic E-state index is 11.8. The van der Waals surface area contributed by atoms with E-state index in [4.69, 9.17) is 8.37 Å². The van der Waals surface area contributed by atoms with E-state index in [0.717, 1.165) is 31.3 Å². The summed E-state index contributed by atoms with van der Waals surface area (Å²) in [7, 11) is -9.27. The number of hydrogen-bond donors (Lipinski definition) is 4. The van der Waals surface area contributed by atoms with Crippen molar-refractivity contribution >= 4 is 20.8 Å². The van der Waals surface area contributed by atoms with Gasteiger partial charge in [-0.2, -0.15) is 16.8 Å². The molecule has 4 aliphatic rings. The summed E-state index contributed by atoms with van der Waals surface area (Å²) in [5.74, 6) is 0.453. The van der Waals surface area contributed by atoms with E-state index in [-0.39, 0.29) is 48.0 Å². The molecular weight excluding hydrogens is 560 g/mol. The van der Waals surface area contributed by atoms with Gasteiger partial charge in [0.15, 0.2) is 0 Å². The molecule has 11 atom stereocenters. The summed E-state index contributed by atoms with van der Waals surface area (Å²) >= 11 is 0. The molecule has 0 amide bonds. The highest BCUT2D eigenvalue weighted by Crippen LogP contribution is 2.68. The van der Waals surface area contributed by atoms with Crippen LogP contribution in [-0.2, 0) is 29.2 Å². The smallest absolute Gasteiger partial charge is 0.393 e. The first-order valence-corrected chi connectivity index (χ1v) is 17.4. The average Bonchev–Trinajstić information content (AvgIpc) is 3.15. The highest BCUT2D eigenvalue weighted by Gasteiger charge is 2.65. The SMILES string of the molecule is C=C(CC[C@@H](COS(=O)(=O)O)[C@H]1CC[C@H]2[C@@H]3CC[C@@H]4[C@H](O)[C@H](OS(=O)(=O)O)CC[C@]4(C)[C@H]3[C@@H](O)C[C@]12C)C(C)C. The number of rotatable bonds is 10. The molecule has 12 heteroatoms. The molecule has 40 heavy (non-hydrogen) atoms. The Morgan fingerprint density at radius 1 is 0.950 bits per heavy atom. The second-order valence-electron chi connectivity index (χ2n) is 13.9. The van der Waals surface area contributed by atoms with Crippen LogP contribution < -0.4 is 0 Å². The molecule has 0 heterocycles. The number of aliphatic hydroxyl groups excluding tert-OH is 2. The summed E-state index contributed by atoms with van der Waals surface area (Å²) in [5, 5.41) is 22.9. The van der Waals surface area contributed by atoms with E-state index < -0.39 is 44.5 Å². The lowest BCUT2D eigenvalue weighted by Gasteiger charge is -2.63. The first-order valence-electron chi connectivity index (χ1n) is 14.7. The Morgan fingerprint density at radius 3 is 2.20 bits per heavy atom. The van der Waals surface area contributed by atoms with Crippen LogP contribution in [0.4, 0.5) is 0 Å². The largest absolute Gasteiger partial charge is 0.397 e. The van der Waals surface area contributed by atoms with Crippen molar-refractivity contribution in [3.63, 3.8) is 0 Å². The van der Waals surface area contributed by atoms with E-state index in [1.165, 1.54) is 0 Å². The van der Waals surface area contributed by atoms with Crippen LogP contribution in [0.3, 0.4) is 0 Å². The van der Waals surface area contributed by atoms with Crippen LogP contribution in [0, 0.1) is 52.3 Å².